The van der Waals surface area contributed by atoms with Crippen LogP contribution >= 0.6 is 104 Å². The lowest BCUT2D eigenvalue weighted by atomic mass is 9.84. The van der Waals surface area contributed by atoms with Crippen LogP contribution < -0.4 is 0 Å². The van der Waals surface area contributed by atoms with Crippen molar-refractivity contribution >= 4 is 104 Å². The summed E-state index contributed by atoms with van der Waals surface area (Å²) in [6, 6.07) is 9.25. The maximum atomic E-state index is 6.49. The van der Waals surface area contributed by atoms with Crippen LogP contribution in [0.2, 0.25) is 45.2 Å². The minimum Gasteiger partial charge on any atom is -0.0842 e. The van der Waals surface area contributed by atoms with Gasteiger partial charge in [-0.1, -0.05) is 104 Å². The van der Waals surface area contributed by atoms with E-state index in [0.717, 1.165) is 0 Å². The van der Waals surface area contributed by atoms with Gasteiger partial charge >= 0.3 is 0 Å². The summed E-state index contributed by atoms with van der Waals surface area (Å²) < 4.78 is 0. The van der Waals surface area contributed by atoms with E-state index in [1.165, 1.54) is 0 Å². The molecule has 0 atom stereocenters. The SMILES string of the molecule is Clc1cc(Cl)c([C](c2c(Cl)cc(Cl)cc2Cl)c2c(Cl)cc(Cl)cc2Cl)c(Cl)c1. The van der Waals surface area contributed by atoms with Crippen molar-refractivity contribution in [2.75, 3.05) is 0 Å². The maximum absolute atomic E-state index is 6.49. The van der Waals surface area contributed by atoms with Crippen LogP contribution in [0.25, 0.3) is 0 Å². The Morgan fingerprint density at radius 3 is 0.714 bits per heavy atom. The van der Waals surface area contributed by atoms with Crippen LogP contribution in [0.4, 0.5) is 0 Å². The van der Waals surface area contributed by atoms with Gasteiger partial charge in [0.05, 0.1) is 5.92 Å². The number of rotatable bonds is 3. The third-order valence-electron chi connectivity index (χ3n) is 3.77. The van der Waals surface area contributed by atoms with E-state index >= 15 is 0 Å². The van der Waals surface area contributed by atoms with Gasteiger partial charge in [-0.25, -0.2) is 0 Å². The smallest absolute Gasteiger partial charge is 0.0720 e. The normalized spacial score (nSPS) is 11.4. The molecule has 28 heavy (non-hydrogen) atoms. The molecule has 0 saturated heterocycles. The van der Waals surface area contributed by atoms with Gasteiger partial charge < -0.3 is 0 Å². The first kappa shape index (κ1) is 22.9. The van der Waals surface area contributed by atoms with Crippen LogP contribution in [-0.2, 0) is 0 Å². The van der Waals surface area contributed by atoms with Crippen LogP contribution in [0.1, 0.15) is 16.7 Å². The Morgan fingerprint density at radius 1 is 0.357 bits per heavy atom. The van der Waals surface area contributed by atoms with E-state index in [4.69, 9.17) is 104 Å². The molecule has 0 heterocycles. The van der Waals surface area contributed by atoms with Gasteiger partial charge in [0.15, 0.2) is 0 Å². The molecule has 0 aliphatic rings. The summed E-state index contributed by atoms with van der Waals surface area (Å²) in [6.45, 7) is 0. The lowest BCUT2D eigenvalue weighted by Crippen LogP contribution is -2.09. The van der Waals surface area contributed by atoms with E-state index < -0.39 is 0 Å². The van der Waals surface area contributed by atoms with Crippen molar-refractivity contribution in [3.63, 3.8) is 0 Å². The summed E-state index contributed by atoms with van der Waals surface area (Å²) in [6.07, 6.45) is 0. The highest BCUT2D eigenvalue weighted by molar-refractivity contribution is 6.43. The Balaban J connectivity index is 2.45. The molecule has 1 radical (unpaired) electrons. The van der Waals surface area contributed by atoms with E-state index in [0.29, 0.717) is 37.7 Å². The summed E-state index contributed by atoms with van der Waals surface area (Å²) >= 11 is 57.1. The minimum absolute atomic E-state index is 0.261. The average Bonchev–Trinajstić information content (AvgIpc) is 2.51. The van der Waals surface area contributed by atoms with Crippen molar-refractivity contribution in [1.29, 1.82) is 0 Å². The Kier molecular flexibility index (Phi) is 7.52. The van der Waals surface area contributed by atoms with Gasteiger partial charge in [0, 0.05) is 61.9 Å². The van der Waals surface area contributed by atoms with Crippen LogP contribution in [0.3, 0.4) is 0 Å². The number of halogens is 9. The highest BCUT2D eigenvalue weighted by atomic mass is 35.5. The van der Waals surface area contributed by atoms with Gasteiger partial charge in [0.25, 0.3) is 0 Å². The summed E-state index contributed by atoms with van der Waals surface area (Å²) in [5, 5.41) is 2.65. The van der Waals surface area contributed by atoms with Gasteiger partial charge in [-0.15, -0.1) is 0 Å². The third-order valence-corrected chi connectivity index (χ3v) is 6.21. The standard InChI is InChI=1S/C19H6Cl9/c20-7-1-10(23)16(11(24)2-7)19(17-12(25)3-8(21)4-13(17)26)18-14(27)5-9(22)6-15(18)28/h1-6H. The second-order valence-electron chi connectivity index (χ2n) is 5.61. The topological polar surface area (TPSA) is 0 Å². The molecule has 3 rings (SSSR count). The van der Waals surface area contributed by atoms with E-state index in [2.05, 4.69) is 0 Å². The van der Waals surface area contributed by atoms with Crippen LogP contribution in [0.15, 0.2) is 36.4 Å². The fourth-order valence-electron chi connectivity index (χ4n) is 2.72. The number of benzene rings is 3. The highest BCUT2D eigenvalue weighted by Gasteiger charge is 2.31. The predicted octanol–water partition coefficient (Wildman–Crippen LogP) is 10.6. The Bertz CT molecular complexity index is 869. The van der Waals surface area contributed by atoms with Crippen molar-refractivity contribution in [2.45, 2.75) is 0 Å². The molecule has 145 valence electrons. The predicted molar refractivity (Wildman–Crippen MR) is 125 cm³/mol. The summed E-state index contributed by atoms with van der Waals surface area (Å²) in [5.41, 5.74) is 1.22. The third kappa shape index (κ3) is 4.62. The molecular formula is C19H6Cl9. The summed E-state index contributed by atoms with van der Waals surface area (Å²) in [4.78, 5) is 0. The zero-order chi connectivity index (χ0) is 20.7. The van der Waals surface area contributed by atoms with E-state index in [-0.39, 0.29) is 30.1 Å². The van der Waals surface area contributed by atoms with Gasteiger partial charge in [-0.05, 0) is 36.4 Å². The molecule has 0 aliphatic heterocycles. The fourth-order valence-corrected chi connectivity index (χ4v) is 5.74. The molecular weight excluding hydrogens is 547 g/mol. The van der Waals surface area contributed by atoms with Crippen molar-refractivity contribution < 1.29 is 0 Å². The quantitative estimate of drug-likeness (QED) is 0.283. The molecule has 3 aromatic rings. The molecule has 0 unspecified atom stereocenters. The lowest BCUT2D eigenvalue weighted by Gasteiger charge is -2.25. The first-order chi connectivity index (χ1) is 13.1. The maximum Gasteiger partial charge on any atom is 0.0720 e. The zero-order valence-corrected chi connectivity index (χ0v) is 20.2. The summed E-state index contributed by atoms with van der Waals surface area (Å²) in [5.74, 6) is 0.421. The highest BCUT2D eigenvalue weighted by Crippen LogP contribution is 2.49. The number of hydrogen-bond donors (Lipinski definition) is 0. The lowest BCUT2D eigenvalue weighted by molar-refractivity contribution is 1.23. The average molecular weight is 553 g/mol. The monoisotopic (exact) mass is 549 g/mol. The molecule has 0 aliphatic carbocycles. The second-order valence-corrected chi connectivity index (χ2v) is 9.36. The Labute approximate surface area is 207 Å². The van der Waals surface area contributed by atoms with Crippen LogP contribution in [-0.4, -0.2) is 0 Å². The zero-order valence-electron chi connectivity index (χ0n) is 13.4. The van der Waals surface area contributed by atoms with E-state index in [1.54, 1.807) is 36.4 Å². The molecule has 3 aromatic carbocycles. The minimum atomic E-state index is 0.261. The largest absolute Gasteiger partial charge is 0.0842 e. The first-order valence-corrected chi connectivity index (χ1v) is 10.8. The molecule has 0 saturated carbocycles. The molecule has 0 N–H and O–H groups in total. The number of hydrogen-bond acceptors (Lipinski definition) is 0. The molecule has 9 heteroatoms. The molecule has 0 fully saturated rings. The second kappa shape index (κ2) is 9.18. The van der Waals surface area contributed by atoms with Crippen molar-refractivity contribution in [1.82, 2.24) is 0 Å². The van der Waals surface area contributed by atoms with Crippen molar-refractivity contribution in [3.05, 3.63) is 104 Å². The molecule has 0 amide bonds. The van der Waals surface area contributed by atoms with Crippen molar-refractivity contribution in [2.24, 2.45) is 0 Å². The molecule has 0 spiro atoms. The fraction of sp³-hybridized carbons (Fsp3) is 0. The van der Waals surface area contributed by atoms with Gasteiger partial charge in [0.2, 0.25) is 0 Å². The molecule has 0 bridgehead atoms. The van der Waals surface area contributed by atoms with Gasteiger partial charge in [-0.2, -0.15) is 0 Å². The molecule has 0 nitrogen and oxygen atoms in total. The van der Waals surface area contributed by atoms with Crippen LogP contribution in [0, 0.1) is 5.92 Å². The van der Waals surface area contributed by atoms with Gasteiger partial charge in [0.1, 0.15) is 0 Å². The summed E-state index contributed by atoms with van der Waals surface area (Å²) in [7, 11) is 0. The van der Waals surface area contributed by atoms with Gasteiger partial charge in [-0.3, -0.25) is 0 Å². The van der Waals surface area contributed by atoms with Crippen molar-refractivity contribution in [3.8, 4) is 0 Å². The molecule has 0 aromatic heterocycles. The van der Waals surface area contributed by atoms with Crippen LogP contribution in [0.5, 0.6) is 0 Å². The first-order valence-electron chi connectivity index (χ1n) is 7.41. The van der Waals surface area contributed by atoms with E-state index in [1.807, 2.05) is 0 Å². The Morgan fingerprint density at radius 2 is 0.536 bits per heavy atom. The van der Waals surface area contributed by atoms with E-state index in [9.17, 15) is 0 Å². The Hall–Kier alpha value is 0.270.